The summed E-state index contributed by atoms with van der Waals surface area (Å²) >= 11 is 0. The van der Waals surface area contributed by atoms with E-state index in [4.69, 9.17) is 5.73 Å². The van der Waals surface area contributed by atoms with E-state index in [9.17, 15) is 0 Å². The molecule has 1 aromatic heterocycles. The van der Waals surface area contributed by atoms with Gasteiger partial charge in [0.15, 0.2) is 0 Å². The van der Waals surface area contributed by atoms with Crippen molar-refractivity contribution in [3.05, 3.63) is 36.0 Å². The molecule has 104 valence electrons. The van der Waals surface area contributed by atoms with Gasteiger partial charge in [-0.25, -0.2) is 0 Å². The molecule has 0 bridgehead atoms. The lowest BCUT2D eigenvalue weighted by Gasteiger charge is -2.28. The first-order valence-corrected chi connectivity index (χ1v) is 7.70. The lowest BCUT2D eigenvalue weighted by molar-refractivity contribution is 0.716. The van der Waals surface area contributed by atoms with E-state index in [0.29, 0.717) is 6.54 Å². The van der Waals surface area contributed by atoms with E-state index in [0.717, 1.165) is 17.5 Å². The number of benzene rings is 1. The fourth-order valence-corrected chi connectivity index (χ4v) is 3.04. The first kappa shape index (κ1) is 12.2. The number of fused-ring (bicyclic) bond motifs is 1. The summed E-state index contributed by atoms with van der Waals surface area (Å²) < 4.78 is 0. The normalized spacial score (nSPS) is 18.4. The summed E-state index contributed by atoms with van der Waals surface area (Å²) in [6, 6.07) is 9.19. The summed E-state index contributed by atoms with van der Waals surface area (Å²) in [6.07, 6.45) is 7.41. The highest BCUT2D eigenvalue weighted by molar-refractivity contribution is 5.93. The monoisotopic (exact) mass is 267 g/mol. The minimum Gasteiger partial charge on any atom is -0.367 e. The SMILES string of the molecule is NCc1cnc2ccccc2c1N(CC1CC1)C1CC1. The zero-order valence-corrected chi connectivity index (χ0v) is 11.8. The van der Waals surface area contributed by atoms with Gasteiger partial charge in [0.1, 0.15) is 0 Å². The molecule has 2 aromatic rings. The van der Waals surface area contributed by atoms with Crippen LogP contribution in [0.4, 0.5) is 5.69 Å². The molecule has 0 saturated heterocycles. The Morgan fingerprint density at radius 2 is 1.95 bits per heavy atom. The number of hydrogen-bond donors (Lipinski definition) is 1. The number of nitrogens with two attached hydrogens (primary N) is 1. The fraction of sp³-hybridized carbons (Fsp3) is 0.471. The Kier molecular flexibility index (Phi) is 2.88. The van der Waals surface area contributed by atoms with Gasteiger partial charge < -0.3 is 10.6 Å². The maximum absolute atomic E-state index is 5.98. The van der Waals surface area contributed by atoms with Gasteiger partial charge in [0.25, 0.3) is 0 Å². The third kappa shape index (κ3) is 2.16. The van der Waals surface area contributed by atoms with Gasteiger partial charge in [-0.1, -0.05) is 18.2 Å². The first-order chi connectivity index (χ1) is 9.86. The maximum atomic E-state index is 5.98. The van der Waals surface area contributed by atoms with Crippen LogP contribution in [0.1, 0.15) is 31.2 Å². The zero-order valence-electron chi connectivity index (χ0n) is 11.8. The zero-order chi connectivity index (χ0) is 13.5. The number of pyridine rings is 1. The molecule has 1 heterocycles. The highest BCUT2D eigenvalue weighted by atomic mass is 15.2. The van der Waals surface area contributed by atoms with Crippen molar-refractivity contribution >= 4 is 16.6 Å². The molecule has 1 aromatic carbocycles. The van der Waals surface area contributed by atoms with Gasteiger partial charge in [-0.2, -0.15) is 0 Å². The Hall–Kier alpha value is -1.61. The standard InChI is InChI=1S/C17H21N3/c18-9-13-10-19-16-4-2-1-3-15(16)17(13)20(14-7-8-14)11-12-5-6-12/h1-4,10,12,14H,5-9,11,18H2. The molecule has 0 spiro atoms. The van der Waals surface area contributed by atoms with Crippen LogP contribution in [0.25, 0.3) is 10.9 Å². The molecule has 0 unspecified atom stereocenters. The van der Waals surface area contributed by atoms with E-state index in [1.54, 1.807) is 0 Å². The van der Waals surface area contributed by atoms with Crippen molar-refractivity contribution in [3.8, 4) is 0 Å². The predicted octanol–water partition coefficient (Wildman–Crippen LogP) is 3.07. The van der Waals surface area contributed by atoms with Crippen molar-refractivity contribution in [1.82, 2.24) is 4.98 Å². The molecule has 2 saturated carbocycles. The third-order valence-corrected chi connectivity index (χ3v) is 4.47. The molecule has 2 aliphatic rings. The van der Waals surface area contributed by atoms with Gasteiger partial charge in [0.05, 0.1) is 11.2 Å². The summed E-state index contributed by atoms with van der Waals surface area (Å²) in [5, 5.41) is 1.27. The second kappa shape index (κ2) is 4.74. The molecule has 2 aliphatic carbocycles. The maximum Gasteiger partial charge on any atom is 0.0723 e. The van der Waals surface area contributed by atoms with Crippen LogP contribution in [-0.2, 0) is 6.54 Å². The summed E-state index contributed by atoms with van der Waals surface area (Å²) in [6.45, 7) is 1.77. The third-order valence-electron chi connectivity index (χ3n) is 4.47. The molecule has 4 rings (SSSR count). The molecule has 0 aliphatic heterocycles. The smallest absolute Gasteiger partial charge is 0.0723 e. The van der Waals surface area contributed by atoms with Crippen LogP contribution in [0, 0.1) is 5.92 Å². The Balaban J connectivity index is 1.85. The van der Waals surface area contributed by atoms with Crippen LogP contribution < -0.4 is 10.6 Å². The summed E-state index contributed by atoms with van der Waals surface area (Å²) in [5.41, 5.74) is 9.61. The van der Waals surface area contributed by atoms with E-state index >= 15 is 0 Å². The highest BCUT2D eigenvalue weighted by Gasteiger charge is 2.35. The molecular weight excluding hydrogens is 246 g/mol. The average molecular weight is 267 g/mol. The van der Waals surface area contributed by atoms with E-state index in [2.05, 4.69) is 34.1 Å². The second-order valence-corrected chi connectivity index (χ2v) is 6.18. The summed E-state index contributed by atoms with van der Waals surface area (Å²) in [5.74, 6) is 0.896. The van der Waals surface area contributed by atoms with Crippen molar-refractivity contribution in [2.24, 2.45) is 11.7 Å². The van der Waals surface area contributed by atoms with Crippen molar-refractivity contribution in [1.29, 1.82) is 0 Å². The lowest BCUT2D eigenvalue weighted by Crippen LogP contribution is -2.29. The lowest BCUT2D eigenvalue weighted by atomic mass is 10.1. The van der Waals surface area contributed by atoms with E-state index in [1.165, 1.54) is 48.9 Å². The van der Waals surface area contributed by atoms with E-state index in [-0.39, 0.29) is 0 Å². The van der Waals surface area contributed by atoms with Gasteiger partial charge in [-0.3, -0.25) is 4.98 Å². The molecule has 0 amide bonds. The van der Waals surface area contributed by atoms with E-state index < -0.39 is 0 Å². The highest BCUT2D eigenvalue weighted by Crippen LogP contribution is 2.41. The molecule has 3 heteroatoms. The van der Waals surface area contributed by atoms with Gasteiger partial charge in [-0.15, -0.1) is 0 Å². The van der Waals surface area contributed by atoms with Crippen molar-refractivity contribution in [2.45, 2.75) is 38.3 Å². The van der Waals surface area contributed by atoms with Crippen molar-refractivity contribution in [3.63, 3.8) is 0 Å². The van der Waals surface area contributed by atoms with Gasteiger partial charge >= 0.3 is 0 Å². The Labute approximate surface area is 119 Å². The summed E-state index contributed by atoms with van der Waals surface area (Å²) in [7, 11) is 0. The van der Waals surface area contributed by atoms with Crippen LogP contribution in [-0.4, -0.2) is 17.6 Å². The minimum atomic E-state index is 0.570. The van der Waals surface area contributed by atoms with Gasteiger partial charge in [0.2, 0.25) is 0 Å². The Morgan fingerprint density at radius 1 is 1.15 bits per heavy atom. The van der Waals surface area contributed by atoms with E-state index in [1.807, 2.05) is 6.20 Å². The topological polar surface area (TPSA) is 42.1 Å². The number of para-hydroxylation sites is 1. The number of aromatic nitrogens is 1. The number of hydrogen-bond acceptors (Lipinski definition) is 3. The number of anilines is 1. The second-order valence-electron chi connectivity index (χ2n) is 6.18. The van der Waals surface area contributed by atoms with Crippen LogP contribution in [0.3, 0.4) is 0 Å². The number of rotatable bonds is 5. The Morgan fingerprint density at radius 3 is 2.65 bits per heavy atom. The molecular formula is C17H21N3. The fourth-order valence-electron chi connectivity index (χ4n) is 3.04. The quantitative estimate of drug-likeness (QED) is 0.905. The number of nitrogens with zero attached hydrogens (tertiary/aromatic N) is 2. The molecule has 2 N–H and O–H groups in total. The molecule has 0 radical (unpaired) electrons. The molecule has 3 nitrogen and oxygen atoms in total. The molecule has 0 atom stereocenters. The summed E-state index contributed by atoms with van der Waals surface area (Å²) in [4.78, 5) is 7.19. The van der Waals surface area contributed by atoms with Gasteiger partial charge in [0, 0.05) is 36.3 Å². The average Bonchev–Trinajstić information content (AvgIpc) is 3.37. The van der Waals surface area contributed by atoms with Crippen LogP contribution in [0.5, 0.6) is 0 Å². The predicted molar refractivity (Wildman–Crippen MR) is 82.7 cm³/mol. The molecule has 2 fully saturated rings. The van der Waals surface area contributed by atoms with Crippen LogP contribution >= 0.6 is 0 Å². The van der Waals surface area contributed by atoms with Crippen molar-refractivity contribution < 1.29 is 0 Å². The largest absolute Gasteiger partial charge is 0.367 e. The van der Waals surface area contributed by atoms with Crippen molar-refractivity contribution in [2.75, 3.05) is 11.4 Å². The molecule has 20 heavy (non-hydrogen) atoms. The van der Waals surface area contributed by atoms with Crippen LogP contribution in [0.15, 0.2) is 30.5 Å². The Bertz CT molecular complexity index is 629. The van der Waals surface area contributed by atoms with Crippen LogP contribution in [0.2, 0.25) is 0 Å². The van der Waals surface area contributed by atoms with Gasteiger partial charge in [-0.05, 0) is 37.7 Å². The minimum absolute atomic E-state index is 0.570. The first-order valence-electron chi connectivity index (χ1n) is 7.70.